The summed E-state index contributed by atoms with van der Waals surface area (Å²) < 4.78 is 0. The average Bonchev–Trinajstić information content (AvgIpc) is 2.18. The molecule has 0 aromatic heterocycles. The third-order valence-electron chi connectivity index (χ3n) is 3.29. The Labute approximate surface area is 103 Å². The smallest absolute Gasteiger partial charge is 0.326 e. The van der Waals surface area contributed by atoms with Crippen molar-refractivity contribution in [3.8, 4) is 0 Å². The molecule has 0 radical (unpaired) electrons. The number of carboxylic acids is 1. The van der Waals surface area contributed by atoms with E-state index in [2.05, 4.69) is 13.8 Å². The molecule has 0 aromatic carbocycles. The molecule has 1 atom stereocenters. The van der Waals surface area contributed by atoms with E-state index >= 15 is 0 Å². The molecule has 1 amide bonds. The van der Waals surface area contributed by atoms with Crippen LogP contribution in [0.15, 0.2) is 0 Å². The molecule has 1 fully saturated rings. The van der Waals surface area contributed by atoms with Gasteiger partial charge in [0.2, 0.25) is 5.91 Å². The Balaban J connectivity index is 2.84. The van der Waals surface area contributed by atoms with Crippen molar-refractivity contribution in [3.05, 3.63) is 0 Å². The Morgan fingerprint density at radius 3 is 2.53 bits per heavy atom. The summed E-state index contributed by atoms with van der Waals surface area (Å²) in [5.41, 5.74) is 0.0264. The van der Waals surface area contributed by atoms with Crippen LogP contribution in [0.25, 0.3) is 0 Å². The molecule has 1 unspecified atom stereocenters. The molecule has 1 heterocycles. The van der Waals surface area contributed by atoms with Crippen molar-refractivity contribution >= 4 is 11.9 Å². The summed E-state index contributed by atoms with van der Waals surface area (Å²) in [4.78, 5) is 24.7. The molecular formula is C13H23NO3. The van der Waals surface area contributed by atoms with Crippen LogP contribution in [0.3, 0.4) is 0 Å². The van der Waals surface area contributed by atoms with Gasteiger partial charge in [0.15, 0.2) is 0 Å². The Morgan fingerprint density at radius 2 is 2.06 bits per heavy atom. The van der Waals surface area contributed by atoms with E-state index in [0.717, 1.165) is 6.42 Å². The van der Waals surface area contributed by atoms with Crippen LogP contribution in [-0.4, -0.2) is 34.5 Å². The van der Waals surface area contributed by atoms with Crippen LogP contribution in [0, 0.1) is 11.3 Å². The molecule has 1 rings (SSSR count). The second-order valence-corrected chi connectivity index (χ2v) is 6.17. The average molecular weight is 241 g/mol. The summed E-state index contributed by atoms with van der Waals surface area (Å²) in [6.45, 7) is 8.68. The van der Waals surface area contributed by atoms with Gasteiger partial charge >= 0.3 is 5.97 Å². The van der Waals surface area contributed by atoms with Gasteiger partial charge in [0.1, 0.15) is 6.04 Å². The zero-order chi connectivity index (χ0) is 13.2. The van der Waals surface area contributed by atoms with Crippen LogP contribution in [-0.2, 0) is 9.59 Å². The minimum Gasteiger partial charge on any atom is -0.480 e. The molecule has 0 aliphatic carbocycles. The second-order valence-electron chi connectivity index (χ2n) is 6.17. The number of amides is 1. The quantitative estimate of drug-likeness (QED) is 0.820. The standard InChI is InChI=1S/C13H23NO3/c1-9(2)7-10(12(16)17)14-8-13(3,4)6-5-11(14)15/h9-10H,5-8H2,1-4H3,(H,16,17). The van der Waals surface area contributed by atoms with E-state index in [-0.39, 0.29) is 17.2 Å². The molecule has 0 bridgehead atoms. The molecule has 98 valence electrons. The molecule has 4 heteroatoms. The Hall–Kier alpha value is -1.06. The van der Waals surface area contributed by atoms with Crippen molar-refractivity contribution < 1.29 is 14.7 Å². The highest BCUT2D eigenvalue weighted by Gasteiger charge is 2.38. The number of nitrogens with zero attached hydrogens (tertiary/aromatic N) is 1. The van der Waals surface area contributed by atoms with Crippen LogP contribution in [0.2, 0.25) is 0 Å². The van der Waals surface area contributed by atoms with E-state index < -0.39 is 12.0 Å². The molecule has 1 N–H and O–H groups in total. The lowest BCUT2D eigenvalue weighted by Crippen LogP contribution is -2.52. The third kappa shape index (κ3) is 3.72. The lowest BCUT2D eigenvalue weighted by Gasteiger charge is -2.41. The molecule has 0 saturated carbocycles. The molecule has 0 aromatic rings. The van der Waals surface area contributed by atoms with Crippen LogP contribution in [0.1, 0.15) is 47.0 Å². The van der Waals surface area contributed by atoms with Gasteiger partial charge in [-0.05, 0) is 24.2 Å². The van der Waals surface area contributed by atoms with Gasteiger partial charge in [-0.2, -0.15) is 0 Å². The topological polar surface area (TPSA) is 57.6 Å². The van der Waals surface area contributed by atoms with Gasteiger partial charge in [-0.15, -0.1) is 0 Å². The zero-order valence-corrected chi connectivity index (χ0v) is 11.2. The Kier molecular flexibility index (Phi) is 4.17. The molecule has 1 aliphatic rings. The predicted octanol–water partition coefficient (Wildman–Crippen LogP) is 2.13. The summed E-state index contributed by atoms with van der Waals surface area (Å²) in [7, 11) is 0. The fraction of sp³-hybridized carbons (Fsp3) is 0.846. The number of likely N-dealkylation sites (tertiary alicyclic amines) is 1. The minimum absolute atomic E-state index is 0.0163. The Bertz CT molecular complexity index is 310. The van der Waals surface area contributed by atoms with E-state index in [1.54, 1.807) is 4.90 Å². The predicted molar refractivity (Wildman–Crippen MR) is 65.6 cm³/mol. The number of carbonyl (C=O) groups is 2. The highest BCUT2D eigenvalue weighted by Crippen LogP contribution is 2.31. The SMILES string of the molecule is CC(C)CC(C(=O)O)N1CC(C)(C)CCC1=O. The van der Waals surface area contributed by atoms with Crippen molar-refractivity contribution in [2.75, 3.05) is 6.54 Å². The first-order chi connectivity index (χ1) is 7.73. The number of hydrogen-bond donors (Lipinski definition) is 1. The largest absolute Gasteiger partial charge is 0.480 e. The van der Waals surface area contributed by atoms with Crippen LogP contribution < -0.4 is 0 Å². The lowest BCUT2D eigenvalue weighted by atomic mass is 9.82. The Morgan fingerprint density at radius 1 is 1.47 bits per heavy atom. The van der Waals surface area contributed by atoms with Gasteiger partial charge in [0.05, 0.1) is 0 Å². The monoisotopic (exact) mass is 241 g/mol. The number of carboxylic acid groups (broad SMARTS) is 1. The molecule has 1 aliphatic heterocycles. The summed E-state index contributed by atoms with van der Waals surface area (Å²) in [6.07, 6.45) is 1.84. The molecule has 1 saturated heterocycles. The highest BCUT2D eigenvalue weighted by atomic mass is 16.4. The normalized spacial score (nSPS) is 21.7. The van der Waals surface area contributed by atoms with Gasteiger partial charge in [-0.1, -0.05) is 27.7 Å². The van der Waals surface area contributed by atoms with E-state index in [1.807, 2.05) is 13.8 Å². The second kappa shape index (κ2) is 5.07. The molecule has 17 heavy (non-hydrogen) atoms. The molecular weight excluding hydrogens is 218 g/mol. The number of piperidine rings is 1. The molecule has 4 nitrogen and oxygen atoms in total. The van der Waals surface area contributed by atoms with Gasteiger partial charge in [0.25, 0.3) is 0 Å². The summed E-state index contributed by atoms with van der Waals surface area (Å²) in [5.74, 6) is -0.629. The highest BCUT2D eigenvalue weighted by molar-refractivity contribution is 5.84. The van der Waals surface area contributed by atoms with E-state index in [1.165, 1.54) is 0 Å². The van der Waals surface area contributed by atoms with Crippen LogP contribution >= 0.6 is 0 Å². The first kappa shape index (κ1) is 14.0. The van der Waals surface area contributed by atoms with Crippen LogP contribution in [0.4, 0.5) is 0 Å². The zero-order valence-electron chi connectivity index (χ0n) is 11.2. The van der Waals surface area contributed by atoms with E-state index in [4.69, 9.17) is 0 Å². The fourth-order valence-corrected chi connectivity index (χ4v) is 2.31. The van der Waals surface area contributed by atoms with Crippen molar-refractivity contribution in [3.63, 3.8) is 0 Å². The summed E-state index contributed by atoms with van der Waals surface area (Å²) in [5, 5.41) is 9.27. The fourth-order valence-electron chi connectivity index (χ4n) is 2.31. The van der Waals surface area contributed by atoms with Crippen molar-refractivity contribution in [1.82, 2.24) is 4.90 Å². The number of hydrogen-bond acceptors (Lipinski definition) is 2. The van der Waals surface area contributed by atoms with E-state index in [0.29, 0.717) is 19.4 Å². The minimum atomic E-state index is -0.884. The summed E-state index contributed by atoms with van der Waals surface area (Å²) in [6, 6.07) is -0.665. The van der Waals surface area contributed by atoms with Gasteiger partial charge < -0.3 is 10.0 Å². The maximum atomic E-state index is 11.9. The van der Waals surface area contributed by atoms with Crippen molar-refractivity contribution in [1.29, 1.82) is 0 Å². The van der Waals surface area contributed by atoms with Crippen molar-refractivity contribution in [2.45, 2.75) is 53.0 Å². The van der Waals surface area contributed by atoms with Crippen LogP contribution in [0.5, 0.6) is 0 Å². The maximum Gasteiger partial charge on any atom is 0.326 e. The van der Waals surface area contributed by atoms with E-state index in [9.17, 15) is 14.7 Å². The summed E-state index contributed by atoms with van der Waals surface area (Å²) >= 11 is 0. The third-order valence-corrected chi connectivity index (χ3v) is 3.29. The maximum absolute atomic E-state index is 11.9. The number of aliphatic carboxylic acids is 1. The molecule has 0 spiro atoms. The lowest BCUT2D eigenvalue weighted by molar-refractivity contribution is -0.154. The van der Waals surface area contributed by atoms with Gasteiger partial charge in [-0.3, -0.25) is 4.79 Å². The number of rotatable bonds is 4. The van der Waals surface area contributed by atoms with Gasteiger partial charge in [-0.25, -0.2) is 4.79 Å². The first-order valence-corrected chi connectivity index (χ1v) is 6.25. The van der Waals surface area contributed by atoms with Crippen molar-refractivity contribution in [2.24, 2.45) is 11.3 Å². The van der Waals surface area contributed by atoms with Gasteiger partial charge in [0, 0.05) is 13.0 Å². The first-order valence-electron chi connectivity index (χ1n) is 6.25. The number of carbonyl (C=O) groups excluding carboxylic acids is 1.